The molecule has 25 unspecified atom stereocenters. The van der Waals surface area contributed by atoms with E-state index in [0.717, 1.165) is 12.5 Å². The van der Waals surface area contributed by atoms with Gasteiger partial charge >= 0.3 is 11.9 Å². The van der Waals surface area contributed by atoms with E-state index in [9.17, 15) is 84.9 Å². The third-order valence-electron chi connectivity index (χ3n) is 20.1. The lowest BCUT2D eigenvalue weighted by Gasteiger charge is -2.38. The zero-order chi connectivity index (χ0) is 77.1. The highest BCUT2D eigenvalue weighted by molar-refractivity contribution is 5.94. The Morgan fingerprint density at radius 3 is 1.95 bits per heavy atom. The molecule has 2 bridgehead atoms. The first-order valence-electron chi connectivity index (χ1n) is 36.3. The van der Waals surface area contributed by atoms with Gasteiger partial charge in [0.05, 0.1) is 85.1 Å². The Bertz CT molecular complexity index is 2840. The van der Waals surface area contributed by atoms with Crippen molar-refractivity contribution in [2.24, 2.45) is 64.6 Å². The van der Waals surface area contributed by atoms with Crippen molar-refractivity contribution < 1.29 is 99.1 Å². The van der Waals surface area contributed by atoms with Gasteiger partial charge in [-0.25, -0.2) is 9.59 Å². The Labute approximate surface area is 601 Å². The van der Waals surface area contributed by atoms with Gasteiger partial charge in [-0.3, -0.25) is 19.2 Å². The van der Waals surface area contributed by atoms with Gasteiger partial charge in [-0.05, 0) is 146 Å². The van der Waals surface area contributed by atoms with Crippen LogP contribution in [0.5, 0.6) is 0 Å². The molecule has 0 aromatic rings. The standard InChI is InChI=1S/C78H129N3O20/c1-42(2)36-57(79-64(87)34-35-78(17,18)74(94)54(15)67(88)43(3)4)71(92)50(11)40-48(9)69(90)46(7)31-33-59(84)53(14)75(95)81-65(55(16)82)73-52(13)58(83)32-30-45(6)68(89)47(8)39-49(10)70(91)51(12)60(85)41-56-37-44(5)38-62(100-56)61(99-19)28-26-24-22-20-21-23-25-27-29-63(86)80-66(77(98)101-73)72(93)76(96)97/h22-30,34-35,39-40,42-44,46-47,50-62,65-73,82-85,88-93H,20-21,31-33,36-38,41H2,1-19H3,(H,79,87)(H,80,86)(H,81,95)(H,96,97)/b24-22+,25-23+,28-26+,29-27+,35-34+,45-30+,48-40+,49-39+. The first kappa shape index (κ1) is 91.5. The molecule has 0 aromatic heterocycles. The SMILES string of the molecule is COC1/C=C/C=C/CC/C=C/C=C/C(=O)NC(C(O)C(=O)O)C(=O)OC(C(NC(=O)C(C)C(O)CCC(C)C(O)/C(C)=C/C(C)C(O)C(CC(C)C)NC(=O)/C=C/C(C)(C)C(=O)C(C)C(O)C(C)C)C(C)O)C(C)C(O)C/C=C(\C)C(O)C(C)/C=C(\C)C(O)C(C)C(O)CC2CC(C)CC1O2. The smallest absolute Gasteiger partial charge is 0.335 e. The lowest BCUT2D eigenvalue weighted by atomic mass is 9.77. The number of aliphatic carboxylic acids is 1. The molecule has 0 aromatic carbocycles. The lowest BCUT2D eigenvalue weighted by Crippen LogP contribution is -2.59. The van der Waals surface area contributed by atoms with Crippen LogP contribution >= 0.6 is 0 Å². The lowest BCUT2D eigenvalue weighted by molar-refractivity contribution is -0.170. The molecule has 23 nitrogen and oxygen atoms in total. The number of carbonyl (C=O) groups is 6. The van der Waals surface area contributed by atoms with E-state index in [1.165, 1.54) is 45.1 Å². The summed E-state index contributed by atoms with van der Waals surface area (Å²) in [5.41, 5.74) is 0.299. The van der Waals surface area contributed by atoms with E-state index in [2.05, 4.69) is 22.9 Å². The monoisotopic (exact) mass is 1430 g/mol. The Morgan fingerprint density at radius 1 is 0.762 bits per heavy atom. The zero-order valence-corrected chi connectivity index (χ0v) is 63.6. The van der Waals surface area contributed by atoms with Crippen LogP contribution in [0, 0.1) is 64.6 Å². The van der Waals surface area contributed by atoms with Crippen molar-refractivity contribution in [2.45, 2.75) is 286 Å². The van der Waals surface area contributed by atoms with Gasteiger partial charge in [0.15, 0.2) is 12.1 Å². The molecule has 1 saturated heterocycles. The summed E-state index contributed by atoms with van der Waals surface area (Å²) in [7, 11) is 1.60. The molecule has 23 heteroatoms. The molecule has 14 N–H and O–H groups in total. The fourth-order valence-electron chi connectivity index (χ4n) is 13.1. The van der Waals surface area contributed by atoms with E-state index in [0.29, 0.717) is 42.4 Å². The van der Waals surface area contributed by atoms with E-state index in [1.807, 2.05) is 52.0 Å². The van der Waals surface area contributed by atoms with Gasteiger partial charge in [0.2, 0.25) is 17.7 Å². The maximum Gasteiger partial charge on any atom is 0.335 e. The van der Waals surface area contributed by atoms with Crippen molar-refractivity contribution in [3.05, 3.63) is 95.7 Å². The van der Waals surface area contributed by atoms with Crippen molar-refractivity contribution >= 4 is 35.4 Å². The third-order valence-corrected chi connectivity index (χ3v) is 20.1. The van der Waals surface area contributed by atoms with Crippen LogP contribution in [0.4, 0.5) is 0 Å². The summed E-state index contributed by atoms with van der Waals surface area (Å²) < 4.78 is 18.2. The number of ketones is 1. The molecule has 0 spiro atoms. The van der Waals surface area contributed by atoms with Crippen LogP contribution in [0.1, 0.15) is 182 Å². The fraction of sp³-hybridized carbons (Fsp3) is 0.718. The molecule has 2 aliphatic heterocycles. The molecule has 1 fully saturated rings. The number of nitrogens with one attached hydrogen (secondary N) is 3. The average molecular weight is 1430 g/mol. The summed E-state index contributed by atoms with van der Waals surface area (Å²) in [6.45, 7) is 30.7. The molecule has 0 saturated carbocycles. The number of esters is 1. The van der Waals surface area contributed by atoms with Crippen LogP contribution in [-0.2, 0) is 43.0 Å². The molecule has 2 heterocycles. The number of cyclic esters (lactones) is 1. The van der Waals surface area contributed by atoms with E-state index < -0.39 is 162 Å². The number of Topliss-reactive ketones (excluding diaryl/α,β-unsaturated/α-hetero) is 1. The Kier molecular flexibility index (Phi) is 40.2. The minimum atomic E-state index is -2.58. The highest BCUT2D eigenvalue weighted by Gasteiger charge is 2.44. The maximum atomic E-state index is 14.3. The predicted octanol–water partition coefficient (Wildman–Crippen LogP) is 6.99. The summed E-state index contributed by atoms with van der Waals surface area (Å²) in [5.74, 6) is -11.4. The van der Waals surface area contributed by atoms with E-state index in [-0.39, 0.29) is 67.5 Å². The predicted molar refractivity (Wildman–Crippen MR) is 389 cm³/mol. The summed E-state index contributed by atoms with van der Waals surface area (Å²) in [4.78, 5) is 80.9. The summed E-state index contributed by atoms with van der Waals surface area (Å²) >= 11 is 0. The number of methoxy groups -OCH3 is 1. The topological polar surface area (TPSA) is 389 Å². The first-order valence-corrected chi connectivity index (χ1v) is 36.3. The number of allylic oxidation sites excluding steroid dienone is 7. The van der Waals surface area contributed by atoms with Crippen molar-refractivity contribution in [1.82, 2.24) is 16.0 Å². The molecular formula is C78H129N3O20. The highest BCUT2D eigenvalue weighted by Crippen LogP contribution is 2.34. The minimum Gasteiger partial charge on any atom is -0.479 e. The number of ether oxygens (including phenoxy) is 3. The number of hydrogen-bond donors (Lipinski definition) is 14. The number of aliphatic hydroxyl groups excluding tert-OH is 10. The Morgan fingerprint density at radius 2 is 1.38 bits per heavy atom. The number of rotatable bonds is 25. The van der Waals surface area contributed by atoms with Gasteiger partial charge in [-0.2, -0.15) is 0 Å². The largest absolute Gasteiger partial charge is 0.479 e. The summed E-state index contributed by atoms with van der Waals surface area (Å²) in [5, 5.41) is 132. The van der Waals surface area contributed by atoms with Crippen molar-refractivity contribution in [1.29, 1.82) is 0 Å². The molecule has 25 atom stereocenters. The van der Waals surface area contributed by atoms with Gasteiger partial charge in [0.25, 0.3) is 0 Å². The van der Waals surface area contributed by atoms with Gasteiger partial charge in [0.1, 0.15) is 18.0 Å². The van der Waals surface area contributed by atoms with Crippen LogP contribution in [-0.4, -0.2) is 202 Å². The molecule has 2 rings (SSSR count). The Balaban J connectivity index is 2.51. The van der Waals surface area contributed by atoms with Gasteiger partial charge in [-0.15, -0.1) is 0 Å². The van der Waals surface area contributed by atoms with Crippen molar-refractivity contribution in [3.63, 3.8) is 0 Å². The van der Waals surface area contributed by atoms with Crippen LogP contribution in [0.15, 0.2) is 95.7 Å². The fourth-order valence-corrected chi connectivity index (χ4v) is 13.1. The molecule has 576 valence electrons. The van der Waals surface area contributed by atoms with Gasteiger partial charge in [-0.1, -0.05) is 150 Å². The molecule has 3 amide bonds. The zero-order valence-electron chi connectivity index (χ0n) is 63.6. The van der Waals surface area contributed by atoms with Gasteiger partial charge < -0.3 is 86.3 Å². The number of aliphatic hydroxyl groups is 10. The number of carboxylic acids is 1. The van der Waals surface area contributed by atoms with E-state index in [4.69, 9.17) is 14.2 Å². The summed E-state index contributed by atoms with van der Waals surface area (Å²) in [6.07, 6.45) is 8.06. The van der Waals surface area contributed by atoms with Crippen LogP contribution in [0.3, 0.4) is 0 Å². The number of carboxylic acid groups (broad SMARTS) is 1. The number of fused-ring (bicyclic) bond motifs is 2. The minimum absolute atomic E-state index is 0.0328. The van der Waals surface area contributed by atoms with Gasteiger partial charge in [0, 0.05) is 48.2 Å². The number of hydrogen-bond acceptors (Lipinski definition) is 19. The van der Waals surface area contributed by atoms with Crippen molar-refractivity contribution in [2.75, 3.05) is 7.11 Å². The number of amides is 3. The molecule has 101 heavy (non-hydrogen) atoms. The molecule has 2 aliphatic rings. The molecule has 0 aliphatic carbocycles. The second-order valence-electron chi connectivity index (χ2n) is 30.4. The van der Waals surface area contributed by atoms with E-state index >= 15 is 0 Å². The Hall–Kier alpha value is -5.54. The first-order chi connectivity index (χ1) is 47.0. The van der Waals surface area contributed by atoms with Crippen LogP contribution < -0.4 is 16.0 Å². The third kappa shape index (κ3) is 30.2. The quantitative estimate of drug-likeness (QED) is 0.0249. The van der Waals surface area contributed by atoms with Crippen LogP contribution in [0.25, 0.3) is 0 Å². The second-order valence-corrected chi connectivity index (χ2v) is 30.4. The summed E-state index contributed by atoms with van der Waals surface area (Å²) in [6, 6.07) is -4.61. The highest BCUT2D eigenvalue weighted by atomic mass is 16.6. The van der Waals surface area contributed by atoms with Crippen LogP contribution in [0.2, 0.25) is 0 Å². The number of carbonyl (C=O) groups excluding carboxylic acids is 5. The second kappa shape index (κ2) is 44.3. The van der Waals surface area contributed by atoms with Crippen molar-refractivity contribution in [3.8, 4) is 0 Å². The molecule has 0 radical (unpaired) electrons. The molecular weight excluding hydrogens is 1300 g/mol. The van der Waals surface area contributed by atoms with E-state index in [1.54, 1.807) is 101 Å². The average Bonchev–Trinajstić information content (AvgIpc) is 0.848. The maximum absolute atomic E-state index is 14.3. The normalized spacial score (nSPS) is 31.8.